The van der Waals surface area contributed by atoms with Crippen LogP contribution in [0.3, 0.4) is 0 Å². The Bertz CT molecular complexity index is 580. The van der Waals surface area contributed by atoms with E-state index in [1.54, 1.807) is 12.1 Å². The van der Waals surface area contributed by atoms with Crippen molar-refractivity contribution in [2.75, 3.05) is 0 Å². The fourth-order valence-corrected chi connectivity index (χ4v) is 2.94. The van der Waals surface area contributed by atoms with Gasteiger partial charge in [-0.3, -0.25) is 9.59 Å². The summed E-state index contributed by atoms with van der Waals surface area (Å²) in [5.41, 5.74) is 0.196. The largest absolute Gasteiger partial charge is 0.380 e. The van der Waals surface area contributed by atoms with Gasteiger partial charge in [0, 0.05) is 18.2 Å². The van der Waals surface area contributed by atoms with Crippen molar-refractivity contribution < 1.29 is 14.7 Å². The molecule has 24 heavy (non-hydrogen) atoms. The maximum atomic E-state index is 12.3. The zero-order chi connectivity index (χ0) is 17.6. The van der Waals surface area contributed by atoms with Gasteiger partial charge in [0.15, 0.2) is 0 Å². The Morgan fingerprint density at radius 1 is 1.25 bits per heavy atom. The van der Waals surface area contributed by atoms with Crippen LogP contribution in [0.4, 0.5) is 0 Å². The Balaban J connectivity index is 1.94. The predicted molar refractivity (Wildman–Crippen MR) is 93.5 cm³/mol. The molecule has 1 saturated carbocycles. The first kappa shape index (κ1) is 18.5. The average molecular weight is 332 g/mol. The minimum absolute atomic E-state index is 0.108. The molecule has 1 aliphatic rings. The molecule has 132 valence electrons. The van der Waals surface area contributed by atoms with Crippen LogP contribution in [0.2, 0.25) is 0 Å². The minimum Gasteiger partial charge on any atom is -0.380 e. The quantitative estimate of drug-likeness (QED) is 0.749. The van der Waals surface area contributed by atoms with Crippen LogP contribution in [-0.2, 0) is 11.3 Å². The molecular formula is C19H28N2O3. The van der Waals surface area contributed by atoms with E-state index in [2.05, 4.69) is 10.6 Å². The normalized spacial score (nSPS) is 17.8. The van der Waals surface area contributed by atoms with Crippen molar-refractivity contribution in [1.82, 2.24) is 10.6 Å². The van der Waals surface area contributed by atoms with Crippen LogP contribution in [0.1, 0.15) is 68.3 Å². The summed E-state index contributed by atoms with van der Waals surface area (Å²) in [6, 6.07) is 7.34. The molecule has 1 atom stereocenters. The van der Waals surface area contributed by atoms with E-state index in [0.717, 1.165) is 31.2 Å². The van der Waals surface area contributed by atoms with E-state index >= 15 is 0 Å². The van der Waals surface area contributed by atoms with Crippen LogP contribution < -0.4 is 10.6 Å². The average Bonchev–Trinajstić information content (AvgIpc) is 2.60. The monoisotopic (exact) mass is 332 g/mol. The van der Waals surface area contributed by atoms with Crippen LogP contribution in [0.15, 0.2) is 24.3 Å². The van der Waals surface area contributed by atoms with Crippen LogP contribution in [-0.4, -0.2) is 28.6 Å². The predicted octanol–water partition coefficient (Wildman–Crippen LogP) is 2.53. The van der Waals surface area contributed by atoms with E-state index in [-0.39, 0.29) is 17.9 Å². The van der Waals surface area contributed by atoms with Crippen LogP contribution in [0.5, 0.6) is 0 Å². The Labute approximate surface area is 143 Å². The highest BCUT2D eigenvalue weighted by atomic mass is 16.3. The number of carbonyl (C=O) groups excluding carboxylic acids is 2. The molecule has 0 heterocycles. The molecule has 0 aromatic heterocycles. The summed E-state index contributed by atoms with van der Waals surface area (Å²) in [7, 11) is 0. The molecule has 0 aliphatic heterocycles. The summed E-state index contributed by atoms with van der Waals surface area (Å²) in [5.74, 6) is -0.417. The number of carbonyl (C=O) groups is 2. The van der Waals surface area contributed by atoms with Crippen molar-refractivity contribution in [3.05, 3.63) is 35.4 Å². The van der Waals surface area contributed by atoms with Gasteiger partial charge in [-0.1, -0.05) is 38.3 Å². The van der Waals surface area contributed by atoms with Gasteiger partial charge in [0.05, 0.1) is 0 Å². The van der Waals surface area contributed by atoms with Crippen molar-refractivity contribution in [1.29, 1.82) is 0 Å². The number of amides is 2. The maximum absolute atomic E-state index is 12.3. The first-order valence-electron chi connectivity index (χ1n) is 8.85. The Hall–Kier alpha value is -1.88. The summed E-state index contributed by atoms with van der Waals surface area (Å²) in [4.78, 5) is 24.4. The van der Waals surface area contributed by atoms with E-state index in [1.165, 1.54) is 0 Å². The zero-order valence-corrected chi connectivity index (χ0v) is 14.6. The highest BCUT2D eigenvalue weighted by molar-refractivity contribution is 5.94. The summed E-state index contributed by atoms with van der Waals surface area (Å²) in [5, 5.41) is 16.1. The molecule has 5 nitrogen and oxygen atoms in total. The SMILES string of the molecule is CCC(C)NC(=O)c1cccc(CNC(=O)C2(O)CCCCC2)c1. The van der Waals surface area contributed by atoms with E-state index in [0.29, 0.717) is 24.9 Å². The zero-order valence-electron chi connectivity index (χ0n) is 14.6. The van der Waals surface area contributed by atoms with Gasteiger partial charge in [-0.15, -0.1) is 0 Å². The standard InChI is InChI=1S/C19H28N2O3/c1-3-14(2)21-17(22)16-9-7-8-15(12-16)13-20-18(23)19(24)10-5-4-6-11-19/h7-9,12,14,24H,3-6,10-11,13H2,1-2H3,(H,20,23)(H,21,22). The lowest BCUT2D eigenvalue weighted by atomic mass is 9.84. The van der Waals surface area contributed by atoms with Gasteiger partial charge in [0.1, 0.15) is 5.60 Å². The third-order valence-corrected chi connectivity index (χ3v) is 4.74. The third kappa shape index (κ3) is 4.81. The van der Waals surface area contributed by atoms with E-state index in [4.69, 9.17) is 0 Å². The van der Waals surface area contributed by atoms with Gasteiger partial charge in [0.2, 0.25) is 0 Å². The highest BCUT2D eigenvalue weighted by Gasteiger charge is 2.36. The van der Waals surface area contributed by atoms with Crippen LogP contribution in [0.25, 0.3) is 0 Å². The smallest absolute Gasteiger partial charge is 0.252 e. The van der Waals surface area contributed by atoms with Crippen molar-refractivity contribution in [3.8, 4) is 0 Å². The third-order valence-electron chi connectivity index (χ3n) is 4.74. The number of hydrogen-bond acceptors (Lipinski definition) is 3. The lowest BCUT2D eigenvalue weighted by Crippen LogP contribution is -2.47. The van der Waals surface area contributed by atoms with E-state index in [1.807, 2.05) is 26.0 Å². The summed E-state index contributed by atoms with van der Waals surface area (Å²) in [6.45, 7) is 4.30. The molecule has 1 aliphatic carbocycles. The van der Waals surface area contributed by atoms with Crippen LogP contribution >= 0.6 is 0 Å². The van der Waals surface area contributed by atoms with Crippen LogP contribution in [0, 0.1) is 0 Å². The Kier molecular flexibility index (Phi) is 6.37. The fourth-order valence-electron chi connectivity index (χ4n) is 2.94. The first-order chi connectivity index (χ1) is 11.4. The lowest BCUT2D eigenvalue weighted by Gasteiger charge is -2.30. The molecule has 1 fully saturated rings. The second kappa shape index (κ2) is 8.29. The Morgan fingerprint density at radius 3 is 2.62 bits per heavy atom. The molecule has 0 spiro atoms. The minimum atomic E-state index is -1.23. The summed E-state index contributed by atoms with van der Waals surface area (Å²) < 4.78 is 0. The van der Waals surface area contributed by atoms with Gasteiger partial charge in [-0.25, -0.2) is 0 Å². The lowest BCUT2D eigenvalue weighted by molar-refractivity contribution is -0.143. The molecule has 3 N–H and O–H groups in total. The second-order valence-electron chi connectivity index (χ2n) is 6.76. The van der Waals surface area contributed by atoms with Crippen molar-refractivity contribution in [3.63, 3.8) is 0 Å². The molecule has 5 heteroatoms. The number of benzene rings is 1. The van der Waals surface area contributed by atoms with Gasteiger partial charge < -0.3 is 15.7 Å². The second-order valence-corrected chi connectivity index (χ2v) is 6.76. The van der Waals surface area contributed by atoms with E-state index < -0.39 is 5.60 Å². The topological polar surface area (TPSA) is 78.4 Å². The maximum Gasteiger partial charge on any atom is 0.252 e. The molecule has 0 saturated heterocycles. The first-order valence-corrected chi connectivity index (χ1v) is 8.85. The van der Waals surface area contributed by atoms with Gasteiger partial charge in [-0.05, 0) is 43.9 Å². The molecule has 2 amide bonds. The van der Waals surface area contributed by atoms with Crippen molar-refractivity contribution >= 4 is 11.8 Å². The summed E-state index contributed by atoms with van der Waals surface area (Å²) >= 11 is 0. The molecule has 2 rings (SSSR count). The summed E-state index contributed by atoms with van der Waals surface area (Å²) in [6.07, 6.45) is 4.76. The number of nitrogens with one attached hydrogen (secondary N) is 2. The fraction of sp³-hybridized carbons (Fsp3) is 0.579. The number of hydrogen-bond donors (Lipinski definition) is 3. The number of rotatable bonds is 6. The highest BCUT2D eigenvalue weighted by Crippen LogP contribution is 2.28. The molecule has 0 bridgehead atoms. The van der Waals surface area contributed by atoms with Gasteiger partial charge >= 0.3 is 0 Å². The van der Waals surface area contributed by atoms with Crippen molar-refractivity contribution in [2.24, 2.45) is 0 Å². The van der Waals surface area contributed by atoms with Gasteiger partial charge in [-0.2, -0.15) is 0 Å². The molecular weight excluding hydrogens is 304 g/mol. The Morgan fingerprint density at radius 2 is 1.96 bits per heavy atom. The van der Waals surface area contributed by atoms with Gasteiger partial charge in [0.25, 0.3) is 11.8 Å². The molecule has 1 unspecified atom stereocenters. The van der Waals surface area contributed by atoms with Crippen molar-refractivity contribution in [2.45, 2.75) is 70.6 Å². The molecule has 0 radical (unpaired) electrons. The number of aliphatic hydroxyl groups is 1. The van der Waals surface area contributed by atoms with E-state index in [9.17, 15) is 14.7 Å². The molecule has 1 aromatic rings. The molecule has 1 aromatic carbocycles.